The van der Waals surface area contributed by atoms with Crippen LogP contribution in [0.3, 0.4) is 0 Å². The third-order valence-corrected chi connectivity index (χ3v) is 1.04. The number of nitro groups is 1. The minimum Gasteiger partial charge on any atom is -0.358 e. The number of terminal acetylenes is 1. The first-order valence-electron chi connectivity index (χ1n) is 2.73. The molecule has 0 unspecified atom stereocenters. The largest absolute Gasteiger partial charge is 0.414 e. The second-order valence-corrected chi connectivity index (χ2v) is 1.73. The number of hydrogen-bond donors (Lipinski definition) is 1. The van der Waals surface area contributed by atoms with Gasteiger partial charge in [-0.25, -0.2) is 0 Å². The summed E-state index contributed by atoms with van der Waals surface area (Å²) >= 11 is 0. The fraction of sp³-hybridized carbons (Fsp3) is 0.200. The van der Waals surface area contributed by atoms with Crippen LogP contribution in [0.2, 0.25) is 0 Å². The second-order valence-electron chi connectivity index (χ2n) is 1.73. The molecule has 56 valence electrons. The van der Waals surface area contributed by atoms with Gasteiger partial charge in [0.15, 0.2) is 5.69 Å². The van der Waals surface area contributed by atoms with E-state index in [9.17, 15) is 10.1 Å². The summed E-state index contributed by atoms with van der Waals surface area (Å²) in [6, 6.07) is 0. The molecule has 0 bridgehead atoms. The first-order chi connectivity index (χ1) is 5.25. The quantitative estimate of drug-likeness (QED) is 0.364. The zero-order valence-corrected chi connectivity index (χ0v) is 5.44. The molecule has 0 atom stereocenters. The molecule has 0 radical (unpaired) electrons. The van der Waals surface area contributed by atoms with E-state index in [1.165, 1.54) is 0 Å². The van der Waals surface area contributed by atoms with E-state index in [1.54, 1.807) is 0 Å². The smallest absolute Gasteiger partial charge is 0.358 e. The van der Waals surface area contributed by atoms with Crippen LogP contribution in [0.5, 0.6) is 0 Å². The van der Waals surface area contributed by atoms with Crippen LogP contribution in [0, 0.1) is 22.5 Å². The highest BCUT2D eigenvalue weighted by Crippen LogP contribution is 2.09. The lowest BCUT2D eigenvalue weighted by molar-refractivity contribution is -0.390. The monoisotopic (exact) mass is 152 g/mol. The number of rotatable bonds is 2. The summed E-state index contributed by atoms with van der Waals surface area (Å²) in [5, 5.41) is 19.1. The van der Waals surface area contributed by atoms with E-state index in [0.29, 0.717) is 0 Å². The van der Waals surface area contributed by atoms with Crippen molar-refractivity contribution in [1.29, 1.82) is 0 Å². The number of aromatic nitrogens is 3. The summed E-state index contributed by atoms with van der Waals surface area (Å²) in [7, 11) is 0. The van der Waals surface area contributed by atoms with E-state index in [-0.39, 0.29) is 17.9 Å². The fourth-order valence-electron chi connectivity index (χ4n) is 0.609. The molecule has 0 aromatic carbocycles. The number of nitrogens with one attached hydrogen (secondary N) is 1. The molecule has 6 heteroatoms. The molecule has 0 aliphatic rings. The maximum atomic E-state index is 10.2. The lowest BCUT2D eigenvalue weighted by Gasteiger charge is -1.86. The van der Waals surface area contributed by atoms with Crippen LogP contribution in [0.25, 0.3) is 0 Å². The van der Waals surface area contributed by atoms with Crippen LogP contribution in [-0.2, 0) is 6.42 Å². The molecule has 1 rings (SSSR count). The van der Waals surface area contributed by atoms with E-state index in [2.05, 4.69) is 21.3 Å². The Kier molecular flexibility index (Phi) is 1.83. The van der Waals surface area contributed by atoms with Gasteiger partial charge in [-0.1, -0.05) is 5.92 Å². The summed E-state index contributed by atoms with van der Waals surface area (Å²) in [4.78, 5) is 9.54. The van der Waals surface area contributed by atoms with Gasteiger partial charge in [0.1, 0.15) is 0 Å². The van der Waals surface area contributed by atoms with Gasteiger partial charge in [-0.3, -0.25) is 0 Å². The normalized spacial score (nSPS) is 9.00. The van der Waals surface area contributed by atoms with E-state index < -0.39 is 4.92 Å². The van der Waals surface area contributed by atoms with Crippen LogP contribution in [0.4, 0.5) is 5.82 Å². The Bertz CT molecular complexity index is 311. The van der Waals surface area contributed by atoms with Crippen molar-refractivity contribution >= 4 is 5.82 Å². The van der Waals surface area contributed by atoms with Gasteiger partial charge in [-0.15, -0.1) is 16.7 Å². The summed E-state index contributed by atoms with van der Waals surface area (Å²) in [6.45, 7) is 0. The summed E-state index contributed by atoms with van der Waals surface area (Å²) < 4.78 is 0. The van der Waals surface area contributed by atoms with Gasteiger partial charge in [0, 0.05) is 0 Å². The highest BCUT2D eigenvalue weighted by molar-refractivity contribution is 5.26. The highest BCUT2D eigenvalue weighted by Gasteiger charge is 2.17. The van der Waals surface area contributed by atoms with Gasteiger partial charge < -0.3 is 10.1 Å². The summed E-state index contributed by atoms with van der Waals surface area (Å²) in [5.41, 5.74) is 0.192. The van der Waals surface area contributed by atoms with Crippen molar-refractivity contribution in [3.05, 3.63) is 15.8 Å². The zero-order valence-electron chi connectivity index (χ0n) is 5.44. The molecule has 1 aromatic heterocycles. The first-order valence-corrected chi connectivity index (χ1v) is 2.73. The minimum atomic E-state index is -0.629. The Morgan fingerprint density at radius 2 is 2.45 bits per heavy atom. The molecule has 1 heterocycles. The van der Waals surface area contributed by atoms with E-state index in [1.807, 2.05) is 0 Å². The Labute approximate surface area is 61.8 Å². The Balaban J connectivity index is 2.98. The SMILES string of the molecule is C#CCc1n[nH]nc1[N+](=O)[O-]. The van der Waals surface area contributed by atoms with Crippen LogP contribution in [-0.4, -0.2) is 20.3 Å². The zero-order chi connectivity index (χ0) is 8.27. The Morgan fingerprint density at radius 3 is 3.00 bits per heavy atom. The topological polar surface area (TPSA) is 84.7 Å². The molecule has 1 aromatic rings. The molecule has 0 amide bonds. The molecule has 0 saturated carbocycles. The number of nitrogens with zero attached hydrogens (tertiary/aromatic N) is 3. The van der Waals surface area contributed by atoms with Crippen LogP contribution < -0.4 is 0 Å². The van der Waals surface area contributed by atoms with Crippen molar-refractivity contribution in [3.8, 4) is 12.3 Å². The van der Waals surface area contributed by atoms with Crippen molar-refractivity contribution < 1.29 is 4.92 Å². The fourth-order valence-corrected chi connectivity index (χ4v) is 0.609. The molecule has 0 saturated heterocycles. The first kappa shape index (κ1) is 7.21. The van der Waals surface area contributed by atoms with E-state index in [0.717, 1.165) is 0 Å². The molecule has 0 aliphatic heterocycles. The van der Waals surface area contributed by atoms with Crippen molar-refractivity contribution in [3.63, 3.8) is 0 Å². The van der Waals surface area contributed by atoms with Crippen LogP contribution in [0.1, 0.15) is 5.69 Å². The van der Waals surface area contributed by atoms with Gasteiger partial charge in [0.05, 0.1) is 11.5 Å². The van der Waals surface area contributed by atoms with Gasteiger partial charge in [-0.2, -0.15) is 0 Å². The molecular formula is C5H4N4O2. The Morgan fingerprint density at radius 1 is 1.73 bits per heavy atom. The number of hydrogen-bond acceptors (Lipinski definition) is 4. The molecular weight excluding hydrogens is 148 g/mol. The second kappa shape index (κ2) is 2.79. The molecule has 11 heavy (non-hydrogen) atoms. The van der Waals surface area contributed by atoms with Gasteiger partial charge in [-0.05, 0) is 4.92 Å². The lowest BCUT2D eigenvalue weighted by atomic mass is 10.3. The van der Waals surface area contributed by atoms with Gasteiger partial charge in [0.2, 0.25) is 0 Å². The molecule has 0 aliphatic carbocycles. The van der Waals surface area contributed by atoms with Crippen LogP contribution in [0.15, 0.2) is 0 Å². The molecule has 0 spiro atoms. The molecule has 0 fully saturated rings. The van der Waals surface area contributed by atoms with Gasteiger partial charge >= 0.3 is 5.82 Å². The average molecular weight is 152 g/mol. The van der Waals surface area contributed by atoms with Crippen LogP contribution >= 0.6 is 0 Å². The maximum Gasteiger partial charge on any atom is 0.414 e. The summed E-state index contributed by atoms with van der Waals surface area (Å²) in [5.74, 6) is 1.94. The number of aromatic amines is 1. The average Bonchev–Trinajstić information content (AvgIpc) is 2.36. The van der Waals surface area contributed by atoms with E-state index in [4.69, 9.17) is 6.42 Å². The summed E-state index contributed by atoms with van der Waals surface area (Å²) in [6.07, 6.45) is 5.05. The minimum absolute atomic E-state index is 0.118. The standard InChI is InChI=1S/C5H4N4O2/c1-2-3-4-5(9(10)11)7-8-6-4/h1H,3H2,(H,6,7,8). The van der Waals surface area contributed by atoms with Crippen molar-refractivity contribution in [2.24, 2.45) is 0 Å². The van der Waals surface area contributed by atoms with E-state index >= 15 is 0 Å². The predicted octanol–water partition coefficient (Wildman–Crippen LogP) is -0.111. The predicted molar refractivity (Wildman–Crippen MR) is 35.6 cm³/mol. The molecule has 6 nitrogen and oxygen atoms in total. The van der Waals surface area contributed by atoms with Crippen molar-refractivity contribution in [1.82, 2.24) is 15.4 Å². The third-order valence-electron chi connectivity index (χ3n) is 1.04. The highest BCUT2D eigenvalue weighted by atomic mass is 16.6. The third kappa shape index (κ3) is 1.32. The molecule has 1 N–H and O–H groups in total. The number of H-pyrrole nitrogens is 1. The Hall–Kier alpha value is -1.90. The van der Waals surface area contributed by atoms with Crippen molar-refractivity contribution in [2.45, 2.75) is 6.42 Å². The van der Waals surface area contributed by atoms with Gasteiger partial charge in [0.25, 0.3) is 0 Å². The maximum absolute atomic E-state index is 10.2. The van der Waals surface area contributed by atoms with Crippen molar-refractivity contribution in [2.75, 3.05) is 0 Å². The lowest BCUT2D eigenvalue weighted by Crippen LogP contribution is -1.93.